The van der Waals surface area contributed by atoms with Gasteiger partial charge in [0.15, 0.2) is 0 Å². The van der Waals surface area contributed by atoms with Crippen LogP contribution >= 0.6 is 11.6 Å². The second-order valence-corrected chi connectivity index (χ2v) is 4.90. The molecule has 2 aromatic rings. The molecule has 0 aliphatic carbocycles. The number of benzene rings is 2. The highest BCUT2D eigenvalue weighted by atomic mass is 35.5. The van der Waals surface area contributed by atoms with Crippen LogP contribution in [0.4, 0.5) is 12.9 Å². The zero-order valence-corrected chi connectivity index (χ0v) is 11.5. The third-order valence-electron chi connectivity index (χ3n) is 2.86. The normalized spacial score (nSPS) is 11.4. The Kier molecular flexibility index (Phi) is 4.28. The Bertz CT molecular complexity index is 614. The molecule has 2 rings (SSSR count). The van der Waals surface area contributed by atoms with E-state index in [2.05, 4.69) is 0 Å². The van der Waals surface area contributed by atoms with Gasteiger partial charge >= 0.3 is 6.98 Å². The highest BCUT2D eigenvalue weighted by molar-refractivity contribution is 6.74. The summed E-state index contributed by atoms with van der Waals surface area (Å²) >= 11 is 6.03. The van der Waals surface area contributed by atoms with Crippen LogP contribution in [0.25, 0.3) is 0 Å². The minimum absolute atomic E-state index is 0.00227. The van der Waals surface area contributed by atoms with E-state index < -0.39 is 12.4 Å². The fourth-order valence-electron chi connectivity index (χ4n) is 1.81. The van der Waals surface area contributed by atoms with E-state index in [0.29, 0.717) is 10.6 Å². The van der Waals surface area contributed by atoms with E-state index >= 15 is 0 Å². The molecule has 106 valence electrons. The predicted octanol–water partition coefficient (Wildman–Crippen LogP) is 4.28. The summed E-state index contributed by atoms with van der Waals surface area (Å²) in [5, 5.41) is 0.486. The highest BCUT2D eigenvalue weighted by Crippen LogP contribution is 2.22. The third-order valence-corrected chi connectivity index (χ3v) is 3.22. The monoisotopic (exact) mass is 299 g/mol. The predicted molar refractivity (Wildman–Crippen MR) is 75.7 cm³/mol. The molecule has 20 heavy (non-hydrogen) atoms. The average molecular weight is 300 g/mol. The van der Waals surface area contributed by atoms with Gasteiger partial charge < -0.3 is 17.7 Å². The highest BCUT2D eigenvalue weighted by Gasteiger charge is 2.28. The van der Waals surface area contributed by atoms with Crippen molar-refractivity contribution in [2.24, 2.45) is 0 Å². The Hall–Kier alpha value is -1.62. The molecule has 0 atom stereocenters. The Balaban J connectivity index is 2.19. The molecule has 6 heteroatoms. The number of ether oxygens (including phenoxy) is 1. The van der Waals surface area contributed by atoms with Crippen molar-refractivity contribution in [3.05, 3.63) is 58.6 Å². The van der Waals surface area contributed by atoms with Gasteiger partial charge in [-0.2, -0.15) is 0 Å². The number of hydrogen-bond acceptors (Lipinski definition) is 1. The van der Waals surface area contributed by atoms with Crippen molar-refractivity contribution >= 4 is 24.0 Å². The Morgan fingerprint density at radius 2 is 1.80 bits per heavy atom. The van der Waals surface area contributed by atoms with Gasteiger partial charge in [-0.25, -0.2) is 0 Å². The SMILES string of the molecule is Cc1ccc(COc2ccccc2[B-](F)(F)F)c(Cl)c1. The minimum Gasteiger partial charge on any atom is -0.492 e. The topological polar surface area (TPSA) is 9.23 Å². The Morgan fingerprint density at radius 1 is 1.10 bits per heavy atom. The first-order valence-electron chi connectivity index (χ1n) is 6.04. The summed E-state index contributed by atoms with van der Waals surface area (Å²) in [6.07, 6.45) is 0. The quantitative estimate of drug-likeness (QED) is 0.766. The Morgan fingerprint density at radius 3 is 2.45 bits per heavy atom. The second-order valence-electron chi connectivity index (χ2n) is 4.50. The molecular formula is C14H12BClF3O-. The molecule has 2 aromatic carbocycles. The lowest BCUT2D eigenvalue weighted by Gasteiger charge is -2.19. The van der Waals surface area contributed by atoms with E-state index in [-0.39, 0.29) is 12.4 Å². The van der Waals surface area contributed by atoms with Gasteiger partial charge in [0.05, 0.1) is 5.75 Å². The lowest BCUT2D eigenvalue weighted by atomic mass is 9.79. The molecule has 0 spiro atoms. The first-order chi connectivity index (χ1) is 9.38. The summed E-state index contributed by atoms with van der Waals surface area (Å²) in [5.74, 6) is -0.170. The molecule has 0 aliphatic rings. The molecule has 0 amide bonds. The largest absolute Gasteiger partial charge is 0.513 e. The van der Waals surface area contributed by atoms with Crippen molar-refractivity contribution in [2.45, 2.75) is 13.5 Å². The van der Waals surface area contributed by atoms with E-state index in [1.54, 1.807) is 12.1 Å². The minimum atomic E-state index is -5.09. The summed E-state index contributed by atoms with van der Waals surface area (Å²) in [4.78, 5) is 0. The van der Waals surface area contributed by atoms with Crippen LogP contribution in [0.2, 0.25) is 5.02 Å². The van der Waals surface area contributed by atoms with E-state index in [4.69, 9.17) is 16.3 Å². The van der Waals surface area contributed by atoms with Gasteiger partial charge in [-0.1, -0.05) is 47.4 Å². The van der Waals surface area contributed by atoms with Crippen LogP contribution in [-0.4, -0.2) is 6.98 Å². The third kappa shape index (κ3) is 3.48. The van der Waals surface area contributed by atoms with Crippen LogP contribution in [0.5, 0.6) is 5.75 Å². The van der Waals surface area contributed by atoms with E-state index in [1.165, 1.54) is 18.2 Å². The molecule has 0 aromatic heterocycles. The van der Waals surface area contributed by atoms with Gasteiger partial charge in [0.1, 0.15) is 6.61 Å². The van der Waals surface area contributed by atoms with Crippen molar-refractivity contribution in [1.29, 1.82) is 0 Å². The van der Waals surface area contributed by atoms with E-state index in [1.807, 2.05) is 13.0 Å². The number of rotatable bonds is 4. The summed E-state index contributed by atoms with van der Waals surface area (Å²) in [7, 11) is 0. The zero-order chi connectivity index (χ0) is 14.8. The summed E-state index contributed by atoms with van der Waals surface area (Å²) in [6, 6.07) is 10.5. The molecule has 0 heterocycles. The molecule has 0 N–H and O–H groups in total. The number of para-hydroxylation sites is 1. The number of hydrogen-bond donors (Lipinski definition) is 0. The lowest BCUT2D eigenvalue weighted by molar-refractivity contribution is 0.307. The van der Waals surface area contributed by atoms with Gasteiger partial charge in [-0.05, 0) is 24.6 Å². The van der Waals surface area contributed by atoms with Crippen LogP contribution in [0.15, 0.2) is 42.5 Å². The molecule has 1 nitrogen and oxygen atoms in total. The molecular weight excluding hydrogens is 287 g/mol. The fraction of sp³-hybridized carbons (Fsp3) is 0.143. The number of aryl methyl sites for hydroxylation is 1. The van der Waals surface area contributed by atoms with Gasteiger partial charge in [0.2, 0.25) is 0 Å². The maximum atomic E-state index is 12.9. The molecule has 0 saturated carbocycles. The molecule has 0 aliphatic heterocycles. The van der Waals surface area contributed by atoms with Crippen molar-refractivity contribution in [3.63, 3.8) is 0 Å². The summed E-state index contributed by atoms with van der Waals surface area (Å²) in [5.41, 5.74) is 0.912. The van der Waals surface area contributed by atoms with E-state index in [9.17, 15) is 12.9 Å². The average Bonchev–Trinajstić information content (AvgIpc) is 2.37. The van der Waals surface area contributed by atoms with Crippen LogP contribution in [-0.2, 0) is 6.61 Å². The van der Waals surface area contributed by atoms with Crippen molar-refractivity contribution < 1.29 is 17.7 Å². The van der Waals surface area contributed by atoms with Crippen molar-refractivity contribution in [2.75, 3.05) is 0 Å². The first-order valence-corrected chi connectivity index (χ1v) is 6.42. The number of halogens is 4. The van der Waals surface area contributed by atoms with Gasteiger partial charge in [-0.15, -0.1) is 0 Å². The Labute approximate surface area is 120 Å². The maximum Gasteiger partial charge on any atom is 0.513 e. The molecule has 0 bridgehead atoms. The molecule has 0 saturated heterocycles. The standard InChI is InChI=1S/C14H12BClF3O/c1-10-6-7-11(13(16)8-10)9-20-14-5-3-2-4-12(14)15(17,18)19/h2-8H,9H2,1H3/q-1. The van der Waals surface area contributed by atoms with Gasteiger partial charge in [0, 0.05) is 10.6 Å². The summed E-state index contributed by atoms with van der Waals surface area (Å²) < 4.78 is 43.9. The van der Waals surface area contributed by atoms with Gasteiger partial charge in [0.25, 0.3) is 0 Å². The maximum absolute atomic E-state index is 12.9. The van der Waals surface area contributed by atoms with Crippen LogP contribution < -0.4 is 10.2 Å². The zero-order valence-electron chi connectivity index (χ0n) is 10.7. The smallest absolute Gasteiger partial charge is 0.492 e. The van der Waals surface area contributed by atoms with Gasteiger partial charge in [-0.3, -0.25) is 0 Å². The lowest BCUT2D eigenvalue weighted by Crippen LogP contribution is -2.35. The van der Waals surface area contributed by atoms with Crippen LogP contribution in [0, 0.1) is 6.92 Å². The molecule has 0 fully saturated rings. The molecule has 0 unspecified atom stereocenters. The van der Waals surface area contributed by atoms with Crippen molar-refractivity contribution in [3.8, 4) is 5.75 Å². The summed E-state index contributed by atoms with van der Waals surface area (Å²) in [6.45, 7) is -3.20. The first kappa shape index (κ1) is 14.8. The fourth-order valence-corrected chi connectivity index (χ4v) is 2.10. The van der Waals surface area contributed by atoms with Crippen LogP contribution in [0.1, 0.15) is 11.1 Å². The molecule has 0 radical (unpaired) electrons. The van der Waals surface area contributed by atoms with Crippen LogP contribution in [0.3, 0.4) is 0 Å². The second kappa shape index (κ2) is 5.79. The van der Waals surface area contributed by atoms with E-state index in [0.717, 1.165) is 11.6 Å². The van der Waals surface area contributed by atoms with Crippen molar-refractivity contribution in [1.82, 2.24) is 0 Å².